The van der Waals surface area contributed by atoms with Crippen LogP contribution in [-0.4, -0.2) is 60.9 Å². The van der Waals surface area contributed by atoms with Crippen molar-refractivity contribution in [2.45, 2.75) is 45.4 Å². The van der Waals surface area contributed by atoms with Crippen LogP contribution in [0.3, 0.4) is 0 Å². The number of hydrogen-bond donors (Lipinski definition) is 2. The molecule has 162 valence electrons. The van der Waals surface area contributed by atoms with Crippen LogP contribution < -0.4 is 11.1 Å². The number of anilines is 1. The van der Waals surface area contributed by atoms with E-state index in [9.17, 15) is 4.79 Å². The number of piperazine rings is 1. The van der Waals surface area contributed by atoms with Gasteiger partial charge in [-0.15, -0.1) is 24.0 Å². The lowest BCUT2D eigenvalue weighted by atomic mass is 10.0. The molecule has 0 radical (unpaired) electrons. The maximum absolute atomic E-state index is 12.5. The van der Waals surface area contributed by atoms with Crippen LogP contribution >= 0.6 is 24.0 Å². The van der Waals surface area contributed by atoms with Crippen molar-refractivity contribution in [1.82, 2.24) is 9.80 Å². The van der Waals surface area contributed by atoms with Crippen molar-refractivity contribution in [3.63, 3.8) is 0 Å². The van der Waals surface area contributed by atoms with E-state index in [0.29, 0.717) is 24.3 Å². The topological polar surface area (TPSA) is 74.0 Å². The summed E-state index contributed by atoms with van der Waals surface area (Å²) in [6.07, 6.45) is 4.59. The molecule has 1 aliphatic heterocycles. The first-order valence-corrected chi connectivity index (χ1v) is 10.7. The predicted molar refractivity (Wildman–Crippen MR) is 131 cm³/mol. The van der Waals surface area contributed by atoms with Crippen LogP contribution in [0.4, 0.5) is 5.69 Å². The van der Waals surface area contributed by atoms with Gasteiger partial charge in [-0.05, 0) is 36.5 Å². The van der Waals surface area contributed by atoms with Crippen molar-refractivity contribution in [2.24, 2.45) is 16.6 Å². The Balaban J connectivity index is 0.00000300. The lowest BCUT2D eigenvalue weighted by Gasteiger charge is -2.35. The van der Waals surface area contributed by atoms with E-state index in [2.05, 4.69) is 46.1 Å². The third kappa shape index (κ3) is 7.13. The standard InChI is InChI=1S/C22H35N5O.HI/c1-17(2)19-8-5-9-20(16-19)25-22(23)24-10-11-26-12-14-27(15-13-26)21(28)18-6-3-4-7-18;/h5,8-9,16-18H,3-4,6-7,10-15H2,1-2H3,(H3,23,24,25);1H. The van der Waals surface area contributed by atoms with Crippen LogP contribution in [0.1, 0.15) is 51.0 Å². The van der Waals surface area contributed by atoms with E-state index < -0.39 is 0 Å². The van der Waals surface area contributed by atoms with Crippen molar-refractivity contribution in [2.75, 3.05) is 44.6 Å². The molecule has 1 aliphatic carbocycles. The Morgan fingerprint density at radius 3 is 2.55 bits per heavy atom. The molecule has 29 heavy (non-hydrogen) atoms. The molecule has 2 fully saturated rings. The van der Waals surface area contributed by atoms with Crippen molar-refractivity contribution >= 4 is 41.5 Å². The Morgan fingerprint density at radius 1 is 1.21 bits per heavy atom. The number of carbonyl (C=O) groups is 1. The van der Waals surface area contributed by atoms with Crippen molar-refractivity contribution in [3.8, 4) is 0 Å². The molecule has 0 bridgehead atoms. The summed E-state index contributed by atoms with van der Waals surface area (Å²) >= 11 is 0. The molecular weight excluding hydrogens is 477 g/mol. The first-order valence-electron chi connectivity index (χ1n) is 10.7. The molecule has 1 aromatic carbocycles. The van der Waals surface area contributed by atoms with Gasteiger partial charge in [-0.25, -0.2) is 0 Å². The van der Waals surface area contributed by atoms with Gasteiger partial charge in [0.2, 0.25) is 5.91 Å². The smallest absolute Gasteiger partial charge is 0.225 e. The molecule has 2 aliphatic rings. The van der Waals surface area contributed by atoms with Crippen LogP contribution in [0, 0.1) is 5.92 Å². The summed E-state index contributed by atoms with van der Waals surface area (Å²) in [5, 5.41) is 3.18. The highest BCUT2D eigenvalue weighted by atomic mass is 127. The third-order valence-electron chi connectivity index (χ3n) is 5.91. The highest BCUT2D eigenvalue weighted by Crippen LogP contribution is 2.26. The van der Waals surface area contributed by atoms with Crippen LogP contribution in [0.5, 0.6) is 0 Å². The molecule has 0 aromatic heterocycles. The van der Waals surface area contributed by atoms with Gasteiger partial charge in [0, 0.05) is 44.3 Å². The Kier molecular flexibility index (Phi) is 9.68. The molecule has 1 saturated heterocycles. The third-order valence-corrected chi connectivity index (χ3v) is 5.91. The number of benzene rings is 1. The summed E-state index contributed by atoms with van der Waals surface area (Å²) in [6, 6.07) is 8.29. The zero-order chi connectivity index (χ0) is 19.9. The Labute approximate surface area is 192 Å². The fraction of sp³-hybridized carbons (Fsp3) is 0.636. The summed E-state index contributed by atoms with van der Waals surface area (Å²) in [6.45, 7) is 9.44. The van der Waals surface area contributed by atoms with E-state index in [1.165, 1.54) is 18.4 Å². The number of carbonyl (C=O) groups excluding carboxylic acids is 1. The number of hydrogen-bond acceptors (Lipinski definition) is 3. The van der Waals surface area contributed by atoms with Gasteiger partial charge in [-0.3, -0.25) is 14.7 Å². The zero-order valence-electron chi connectivity index (χ0n) is 17.8. The zero-order valence-corrected chi connectivity index (χ0v) is 20.1. The quantitative estimate of drug-likeness (QED) is 0.347. The second-order valence-electron chi connectivity index (χ2n) is 8.32. The normalized spacial score (nSPS) is 18.7. The summed E-state index contributed by atoms with van der Waals surface area (Å²) < 4.78 is 0. The number of amides is 1. The molecule has 0 atom stereocenters. The number of halogens is 1. The Hall–Kier alpha value is -1.35. The number of nitrogens with one attached hydrogen (secondary N) is 1. The number of guanidine groups is 1. The predicted octanol–water partition coefficient (Wildman–Crippen LogP) is 3.49. The molecule has 1 saturated carbocycles. The van der Waals surface area contributed by atoms with Gasteiger partial charge >= 0.3 is 0 Å². The number of nitrogens with zero attached hydrogens (tertiary/aromatic N) is 3. The van der Waals surface area contributed by atoms with Crippen molar-refractivity contribution < 1.29 is 4.79 Å². The number of aliphatic imine (C=N–C) groups is 1. The fourth-order valence-electron chi connectivity index (χ4n) is 4.10. The second kappa shape index (κ2) is 11.7. The minimum Gasteiger partial charge on any atom is -0.370 e. The Bertz CT molecular complexity index is 680. The van der Waals surface area contributed by atoms with E-state index in [1.807, 2.05) is 12.1 Å². The Morgan fingerprint density at radius 2 is 1.90 bits per heavy atom. The van der Waals surface area contributed by atoms with Gasteiger partial charge in [-0.2, -0.15) is 0 Å². The lowest BCUT2D eigenvalue weighted by molar-refractivity contribution is -0.137. The summed E-state index contributed by atoms with van der Waals surface area (Å²) in [5.41, 5.74) is 8.31. The largest absolute Gasteiger partial charge is 0.370 e. The fourth-order valence-corrected chi connectivity index (χ4v) is 4.10. The van der Waals surface area contributed by atoms with Gasteiger partial charge in [-0.1, -0.05) is 38.8 Å². The number of nitrogens with two attached hydrogens (primary N) is 1. The van der Waals surface area contributed by atoms with E-state index in [0.717, 1.165) is 51.3 Å². The lowest BCUT2D eigenvalue weighted by Crippen LogP contribution is -2.50. The molecular formula is C22H36IN5O. The molecule has 7 heteroatoms. The van der Waals surface area contributed by atoms with Gasteiger partial charge in [0.15, 0.2) is 5.96 Å². The SMILES string of the molecule is CC(C)c1cccc(NC(N)=NCCN2CCN(C(=O)C3CCCC3)CC2)c1.I. The van der Waals surface area contributed by atoms with Gasteiger partial charge in [0.25, 0.3) is 0 Å². The molecule has 3 rings (SSSR count). The second-order valence-corrected chi connectivity index (χ2v) is 8.32. The van der Waals surface area contributed by atoms with Crippen molar-refractivity contribution in [1.29, 1.82) is 0 Å². The molecule has 0 unspecified atom stereocenters. The highest BCUT2D eigenvalue weighted by molar-refractivity contribution is 14.0. The average molecular weight is 513 g/mol. The van der Waals surface area contributed by atoms with Crippen LogP contribution in [0.2, 0.25) is 0 Å². The first kappa shape index (κ1) is 23.9. The van der Waals surface area contributed by atoms with Crippen LogP contribution in [-0.2, 0) is 4.79 Å². The van der Waals surface area contributed by atoms with Crippen LogP contribution in [0.15, 0.2) is 29.3 Å². The van der Waals surface area contributed by atoms with Gasteiger partial charge in [0.05, 0.1) is 6.54 Å². The molecule has 1 aromatic rings. The summed E-state index contributed by atoms with van der Waals surface area (Å²) in [5.74, 6) is 1.61. The van der Waals surface area contributed by atoms with Gasteiger partial charge < -0.3 is 16.0 Å². The van der Waals surface area contributed by atoms with E-state index in [-0.39, 0.29) is 29.9 Å². The summed E-state index contributed by atoms with van der Waals surface area (Å²) in [7, 11) is 0. The maximum atomic E-state index is 12.5. The highest BCUT2D eigenvalue weighted by Gasteiger charge is 2.29. The van der Waals surface area contributed by atoms with Gasteiger partial charge in [0.1, 0.15) is 0 Å². The minimum absolute atomic E-state index is 0. The molecule has 3 N–H and O–H groups in total. The number of rotatable bonds is 6. The molecule has 6 nitrogen and oxygen atoms in total. The minimum atomic E-state index is 0. The first-order chi connectivity index (χ1) is 13.5. The molecule has 1 amide bonds. The summed E-state index contributed by atoms with van der Waals surface area (Å²) in [4.78, 5) is 21.4. The molecule has 0 spiro atoms. The maximum Gasteiger partial charge on any atom is 0.225 e. The van der Waals surface area contributed by atoms with E-state index in [1.54, 1.807) is 0 Å². The van der Waals surface area contributed by atoms with E-state index >= 15 is 0 Å². The van der Waals surface area contributed by atoms with Crippen LogP contribution in [0.25, 0.3) is 0 Å². The molecule has 1 heterocycles. The monoisotopic (exact) mass is 513 g/mol. The van der Waals surface area contributed by atoms with E-state index in [4.69, 9.17) is 5.73 Å². The van der Waals surface area contributed by atoms with Crippen molar-refractivity contribution in [3.05, 3.63) is 29.8 Å². The average Bonchev–Trinajstić information content (AvgIpc) is 3.23.